The van der Waals surface area contributed by atoms with Gasteiger partial charge in [0.05, 0.1) is 47.5 Å². The van der Waals surface area contributed by atoms with E-state index in [1.807, 2.05) is 0 Å². The van der Waals surface area contributed by atoms with E-state index in [-0.39, 0.29) is 46.6 Å². The molecule has 1 amide bonds. The van der Waals surface area contributed by atoms with Gasteiger partial charge in [-0.05, 0) is 66.0 Å². The Morgan fingerprint density at radius 1 is 0.820 bits per heavy atom. The zero-order valence-corrected chi connectivity index (χ0v) is 36.1. The van der Waals surface area contributed by atoms with E-state index in [0.717, 1.165) is 24.3 Å². The Morgan fingerprint density at radius 2 is 1.25 bits per heavy atom. The number of phenolic OH excluding ortho intramolecular Hbond substituents is 1. The number of hydrogen-bond acceptors (Lipinski definition) is 15. The number of aliphatic hydroxyl groups is 1. The number of aliphatic hydroxyl groups excluding tert-OH is 1. The second-order valence-electron chi connectivity index (χ2n) is 14.9. The molecule has 18 nitrogen and oxygen atoms in total. The Labute approximate surface area is 355 Å². The van der Waals surface area contributed by atoms with E-state index < -0.39 is 27.9 Å². The lowest BCUT2D eigenvalue weighted by molar-refractivity contribution is -0.385. The molecule has 0 bridgehead atoms. The molecule has 0 aliphatic carbocycles. The molecule has 0 unspecified atom stereocenters. The molecule has 1 aliphatic rings. The van der Waals surface area contributed by atoms with Crippen LogP contribution < -0.4 is 5.32 Å². The Morgan fingerprint density at radius 3 is 1.57 bits per heavy atom. The number of hydrogen-bond donors (Lipinski definition) is 3. The second-order valence-corrected chi connectivity index (χ2v) is 14.9. The van der Waals surface area contributed by atoms with E-state index in [4.69, 9.17) is 14.6 Å². The van der Waals surface area contributed by atoms with Crippen molar-refractivity contribution in [3.8, 4) is 5.75 Å². The van der Waals surface area contributed by atoms with Gasteiger partial charge < -0.3 is 29.2 Å². The summed E-state index contributed by atoms with van der Waals surface area (Å²) in [5, 5.41) is 41.6. The smallest absolute Gasteiger partial charge is 0.411 e. The van der Waals surface area contributed by atoms with Gasteiger partial charge in [0, 0.05) is 43.2 Å². The van der Waals surface area contributed by atoms with Gasteiger partial charge in [-0.15, -0.1) is 0 Å². The van der Waals surface area contributed by atoms with E-state index in [2.05, 4.69) is 93.5 Å². The number of methoxy groups -OCH3 is 2. The first kappa shape index (κ1) is 54.2. The van der Waals surface area contributed by atoms with Gasteiger partial charge in [0.1, 0.15) is 12.4 Å². The number of phenols is 1. The molecule has 3 aromatic rings. The molecule has 1 aliphatic heterocycles. The molecular weight excluding hydrogens is 796 g/mol. The van der Waals surface area contributed by atoms with Crippen molar-refractivity contribution in [2.45, 2.75) is 72.1 Å². The maximum atomic E-state index is 11.4. The quantitative estimate of drug-likeness (QED) is 0.0349. The van der Waals surface area contributed by atoms with E-state index in [1.54, 1.807) is 0 Å². The van der Waals surface area contributed by atoms with Crippen LogP contribution in [0, 0.1) is 27.2 Å². The molecule has 1 fully saturated rings. The number of nitrogens with zero attached hydrogens (tertiary/aromatic N) is 3. The minimum absolute atomic E-state index is 0.00801. The molecule has 1 saturated heterocycles. The van der Waals surface area contributed by atoms with Crippen LogP contribution in [-0.4, -0.2) is 84.8 Å². The second kappa shape index (κ2) is 27.1. The number of non-ortho nitro benzene ring substituents is 2. The van der Waals surface area contributed by atoms with Gasteiger partial charge in [-0.3, -0.25) is 25.5 Å². The average molecular weight is 853 g/mol. The van der Waals surface area contributed by atoms with Crippen molar-refractivity contribution in [1.82, 2.24) is 0 Å². The largest absolute Gasteiger partial charge is 0.507 e. The number of ether oxygens (including phenoxy) is 4. The molecule has 0 aromatic heterocycles. The Hall–Kier alpha value is -6.75. The molecule has 4 rings (SSSR count). The molecule has 18 heteroatoms. The summed E-state index contributed by atoms with van der Waals surface area (Å²) in [7, 11) is 2.42. The van der Waals surface area contributed by atoms with Crippen molar-refractivity contribution in [3.63, 3.8) is 0 Å². The maximum absolute atomic E-state index is 11.4. The fraction of sp³-hybridized carbons (Fsp3) is 0.395. The first-order chi connectivity index (χ1) is 28.4. The number of aliphatic imine (C=N–C) groups is 1. The third-order valence-electron chi connectivity index (χ3n) is 7.77. The zero-order valence-electron chi connectivity index (χ0n) is 36.1. The summed E-state index contributed by atoms with van der Waals surface area (Å²) in [6.45, 7) is 22.8. The number of rotatable bonds is 9. The normalized spacial score (nSPS) is 11.2. The third-order valence-corrected chi connectivity index (χ3v) is 7.77. The fourth-order valence-corrected chi connectivity index (χ4v) is 4.52. The Balaban J connectivity index is 0.000000786. The maximum Gasteiger partial charge on any atom is 0.411 e. The van der Waals surface area contributed by atoms with Crippen LogP contribution in [0.25, 0.3) is 0 Å². The van der Waals surface area contributed by atoms with E-state index in [9.17, 15) is 44.5 Å². The summed E-state index contributed by atoms with van der Waals surface area (Å²) in [6.07, 6.45) is 3.08. The molecule has 0 spiro atoms. The summed E-state index contributed by atoms with van der Waals surface area (Å²) in [6, 6.07) is 14.7. The van der Waals surface area contributed by atoms with Crippen molar-refractivity contribution < 1.29 is 58.2 Å². The van der Waals surface area contributed by atoms with Crippen LogP contribution in [0.4, 0.5) is 27.5 Å². The van der Waals surface area contributed by atoms with Crippen LogP contribution in [0.15, 0.2) is 90.0 Å². The molecule has 332 valence electrons. The first-order valence-electron chi connectivity index (χ1n) is 18.5. The van der Waals surface area contributed by atoms with Gasteiger partial charge in [-0.2, -0.15) is 4.99 Å². The molecule has 3 N–H and O–H groups in total. The van der Waals surface area contributed by atoms with Crippen LogP contribution >= 0.6 is 0 Å². The summed E-state index contributed by atoms with van der Waals surface area (Å²) < 4.78 is 18.3. The number of esters is 2. The third kappa shape index (κ3) is 21.7. The monoisotopic (exact) mass is 852 g/mol. The summed E-state index contributed by atoms with van der Waals surface area (Å²) in [5.74, 6) is -0.772. The number of nitro groups is 2. The highest BCUT2D eigenvalue weighted by molar-refractivity contribution is 5.89. The van der Waals surface area contributed by atoms with Crippen molar-refractivity contribution in [2.24, 2.45) is 4.99 Å². The highest BCUT2D eigenvalue weighted by atomic mass is 16.6. The summed E-state index contributed by atoms with van der Waals surface area (Å²) >= 11 is 0. The van der Waals surface area contributed by atoms with Crippen molar-refractivity contribution >= 4 is 46.9 Å². The SMILES string of the molecule is C1CCOC1.C=C(CO)C(=O)OC.C=C(COC(=O)Nc1ccc([N+](=O)[O-])cc1)C(=O)OC.Cc1cc(C(C)(C)C)c(O)c(C(C)(C)C)c1.O=C=Nc1ccc([N+](=O)[O-])cc1. The molecular formula is C43H56N4O14. The topological polar surface area (TPSA) is 256 Å². The van der Waals surface area contributed by atoms with E-state index in [1.165, 1.54) is 87.2 Å². The lowest BCUT2D eigenvalue weighted by Gasteiger charge is -2.27. The minimum Gasteiger partial charge on any atom is -0.507 e. The number of carbonyl (C=O) groups is 3. The number of amides is 1. The summed E-state index contributed by atoms with van der Waals surface area (Å²) in [4.78, 5) is 65.2. The van der Waals surface area contributed by atoms with Gasteiger partial charge in [0.15, 0.2) is 0 Å². The van der Waals surface area contributed by atoms with Gasteiger partial charge in [-0.1, -0.05) is 72.4 Å². The van der Waals surface area contributed by atoms with E-state index >= 15 is 0 Å². The number of aryl methyl sites for hydroxylation is 1. The average Bonchev–Trinajstić information content (AvgIpc) is 3.81. The fourth-order valence-electron chi connectivity index (χ4n) is 4.52. The zero-order chi connectivity index (χ0) is 46.9. The van der Waals surface area contributed by atoms with Crippen molar-refractivity contribution in [1.29, 1.82) is 0 Å². The molecule has 61 heavy (non-hydrogen) atoms. The standard InChI is InChI=1S/C15H24O.C12H12N2O6.C7H4N2O3.C5H8O3.C4H8O/c1-10-8-11(14(2,3)4)13(16)12(9-10)15(5,6)7;1-8(11(15)19-2)7-20-12(16)13-9-3-5-10(6-4-9)14(17)18;10-5-8-6-1-3-7(4-2-6)9(11)12;1-4(3-6)5(7)8-2;1-2-4-5-3-1/h8-9,16H,1-7H3;3-6H,1,7H2,2H3,(H,13,16);1-4H;6H,1,3H2,2H3;1-4H2. The lowest BCUT2D eigenvalue weighted by atomic mass is 9.78. The highest BCUT2D eigenvalue weighted by Crippen LogP contribution is 2.39. The molecule has 3 aromatic carbocycles. The van der Waals surface area contributed by atoms with Crippen LogP contribution in [0.5, 0.6) is 5.75 Å². The Bertz CT molecular complexity index is 1910. The van der Waals surface area contributed by atoms with E-state index in [0.29, 0.717) is 17.1 Å². The molecule has 0 saturated carbocycles. The highest BCUT2D eigenvalue weighted by Gasteiger charge is 2.25. The van der Waals surface area contributed by atoms with Gasteiger partial charge in [-0.25, -0.2) is 19.2 Å². The van der Waals surface area contributed by atoms with Crippen molar-refractivity contribution in [2.75, 3.05) is 46.0 Å². The van der Waals surface area contributed by atoms with Crippen molar-refractivity contribution in [3.05, 3.63) is 122 Å². The van der Waals surface area contributed by atoms with Crippen LogP contribution in [0.1, 0.15) is 71.1 Å². The Kier molecular flexibility index (Phi) is 24.1. The predicted molar refractivity (Wildman–Crippen MR) is 229 cm³/mol. The molecule has 0 atom stereocenters. The number of anilines is 1. The van der Waals surface area contributed by atoms with Gasteiger partial charge >= 0.3 is 18.0 Å². The number of carbonyl (C=O) groups excluding carboxylic acids is 4. The first-order valence-corrected chi connectivity index (χ1v) is 18.5. The van der Waals surface area contributed by atoms with Crippen LogP contribution in [0.3, 0.4) is 0 Å². The number of nitro benzene ring substituents is 2. The molecule has 1 heterocycles. The number of aromatic hydroxyl groups is 1. The number of isocyanates is 1. The summed E-state index contributed by atoms with van der Waals surface area (Å²) in [5.41, 5.74) is 3.88. The number of benzene rings is 3. The van der Waals surface area contributed by atoms with Gasteiger partial charge in [0.2, 0.25) is 6.08 Å². The minimum atomic E-state index is -0.816. The van der Waals surface area contributed by atoms with Crippen LogP contribution in [0.2, 0.25) is 0 Å². The number of nitrogens with one attached hydrogen (secondary N) is 1. The predicted octanol–water partition coefficient (Wildman–Crippen LogP) is 8.23. The van der Waals surface area contributed by atoms with Crippen LogP contribution in [-0.2, 0) is 44.2 Å². The van der Waals surface area contributed by atoms with Gasteiger partial charge in [0.25, 0.3) is 11.4 Å². The molecule has 0 radical (unpaired) electrons. The lowest BCUT2D eigenvalue weighted by Crippen LogP contribution is -2.18.